The van der Waals surface area contributed by atoms with Crippen LogP contribution in [0.2, 0.25) is 0 Å². The largest absolute Gasteiger partial charge is 0.493 e. The highest BCUT2D eigenvalue weighted by atomic mass is 16.5. The summed E-state index contributed by atoms with van der Waals surface area (Å²) in [5, 5.41) is 11.7. The van der Waals surface area contributed by atoms with Gasteiger partial charge in [-0.3, -0.25) is 14.5 Å². The summed E-state index contributed by atoms with van der Waals surface area (Å²) < 4.78 is 12.5. The van der Waals surface area contributed by atoms with Crippen LogP contribution in [0.25, 0.3) is 11.0 Å². The van der Waals surface area contributed by atoms with Crippen molar-refractivity contribution in [1.29, 1.82) is 0 Å². The first-order valence-electron chi connectivity index (χ1n) is 13.3. The molecule has 1 heterocycles. The minimum atomic E-state index is -0.909. The van der Waals surface area contributed by atoms with Crippen LogP contribution in [0.4, 0.5) is 5.69 Å². The number of carbonyl (C=O) groups is 2. The van der Waals surface area contributed by atoms with Gasteiger partial charge in [-0.25, -0.2) is 4.68 Å². The zero-order valence-corrected chi connectivity index (χ0v) is 22.2. The highest BCUT2D eigenvalue weighted by Crippen LogP contribution is 2.36. The molecule has 0 radical (unpaired) electrons. The topological polar surface area (TPSA) is 98.6 Å². The Hall–Kier alpha value is -4.40. The van der Waals surface area contributed by atoms with Crippen LogP contribution < -0.4 is 19.7 Å². The summed E-state index contributed by atoms with van der Waals surface area (Å²) in [6.07, 6.45) is 5.21. The summed E-state index contributed by atoms with van der Waals surface area (Å²) in [6.45, 7) is -0.102. The van der Waals surface area contributed by atoms with E-state index in [-0.39, 0.29) is 24.4 Å². The molecule has 1 aliphatic carbocycles. The molecule has 4 aromatic rings. The van der Waals surface area contributed by atoms with Gasteiger partial charge in [0.1, 0.15) is 18.1 Å². The molecular formula is C30H33N5O4. The maximum atomic E-state index is 14.2. The molecule has 1 N–H and O–H groups in total. The van der Waals surface area contributed by atoms with Crippen LogP contribution in [0.1, 0.15) is 43.7 Å². The predicted octanol–water partition coefficient (Wildman–Crippen LogP) is 4.67. The molecule has 1 saturated carbocycles. The Kier molecular flexibility index (Phi) is 8.05. The quantitative estimate of drug-likeness (QED) is 0.340. The molecule has 1 atom stereocenters. The Morgan fingerprint density at radius 1 is 0.949 bits per heavy atom. The molecule has 0 unspecified atom stereocenters. The van der Waals surface area contributed by atoms with E-state index in [1.165, 1.54) is 11.3 Å². The minimum absolute atomic E-state index is 0.0825. The monoisotopic (exact) mass is 527 g/mol. The van der Waals surface area contributed by atoms with Gasteiger partial charge in [-0.2, -0.15) is 0 Å². The smallest absolute Gasteiger partial charge is 0.249 e. The average molecular weight is 528 g/mol. The molecule has 9 nitrogen and oxygen atoms in total. The van der Waals surface area contributed by atoms with Crippen LogP contribution in [-0.4, -0.2) is 47.1 Å². The normalized spacial score (nSPS) is 14.5. The number of fused-ring (bicyclic) bond motifs is 1. The van der Waals surface area contributed by atoms with E-state index in [4.69, 9.17) is 9.47 Å². The van der Waals surface area contributed by atoms with Crippen LogP contribution in [0.5, 0.6) is 11.5 Å². The Bertz CT molecular complexity index is 1430. The van der Waals surface area contributed by atoms with Gasteiger partial charge in [-0.1, -0.05) is 66.9 Å². The number of nitrogens with one attached hydrogen (secondary N) is 1. The second kappa shape index (κ2) is 12.0. The molecule has 5 rings (SSSR count). The number of hydrogen-bond donors (Lipinski definition) is 1. The number of hydrogen-bond acceptors (Lipinski definition) is 6. The first-order valence-corrected chi connectivity index (χ1v) is 13.3. The van der Waals surface area contributed by atoms with Crippen LogP contribution in [0.15, 0.2) is 72.8 Å². The number of anilines is 1. The van der Waals surface area contributed by atoms with Crippen LogP contribution in [0, 0.1) is 0 Å². The molecule has 39 heavy (non-hydrogen) atoms. The Balaban J connectivity index is 1.58. The molecule has 0 bridgehead atoms. The molecule has 0 saturated heterocycles. The summed E-state index contributed by atoms with van der Waals surface area (Å²) >= 11 is 0. The number of aromatic nitrogens is 3. The lowest BCUT2D eigenvalue weighted by Gasteiger charge is -2.33. The van der Waals surface area contributed by atoms with Crippen molar-refractivity contribution in [3.8, 4) is 11.5 Å². The van der Waals surface area contributed by atoms with E-state index >= 15 is 0 Å². The first-order chi connectivity index (χ1) is 19.1. The summed E-state index contributed by atoms with van der Waals surface area (Å²) in [5.74, 6) is 0.447. The molecule has 2 amide bonds. The Morgan fingerprint density at radius 2 is 1.67 bits per heavy atom. The van der Waals surface area contributed by atoms with Gasteiger partial charge in [0.15, 0.2) is 11.5 Å². The standard InChI is InChI=1S/C30H33N5O4/c1-38-26-18-17-23(19-27(26)39-2)35(28(36)20-34-25-16-10-9-15-24(25)32-33-34)29(21-11-5-3-6-12-21)30(37)31-22-13-7-4-8-14-22/h3,5-6,9-12,15-19,22,29H,4,7-8,13-14,20H2,1-2H3,(H,31,37)/t29-/m1/s1. The number of methoxy groups -OCH3 is 2. The Morgan fingerprint density at radius 3 is 2.41 bits per heavy atom. The van der Waals surface area contributed by atoms with Gasteiger partial charge >= 0.3 is 0 Å². The number of para-hydroxylation sites is 1. The summed E-state index contributed by atoms with van der Waals surface area (Å²) in [7, 11) is 3.10. The molecule has 9 heteroatoms. The molecular weight excluding hydrogens is 494 g/mol. The van der Waals surface area contributed by atoms with Crippen molar-refractivity contribution >= 4 is 28.5 Å². The minimum Gasteiger partial charge on any atom is -0.493 e. The van der Waals surface area contributed by atoms with Gasteiger partial charge in [0, 0.05) is 17.8 Å². The molecule has 1 aromatic heterocycles. The van der Waals surface area contributed by atoms with Crippen LogP contribution in [-0.2, 0) is 16.1 Å². The third kappa shape index (κ3) is 5.72. The van der Waals surface area contributed by atoms with Crippen LogP contribution in [0.3, 0.4) is 0 Å². The van der Waals surface area contributed by atoms with Crippen molar-refractivity contribution in [3.05, 3.63) is 78.4 Å². The van der Waals surface area contributed by atoms with Gasteiger partial charge < -0.3 is 14.8 Å². The van der Waals surface area contributed by atoms with Gasteiger partial charge in [0.25, 0.3) is 0 Å². The molecule has 202 valence electrons. The molecule has 0 aliphatic heterocycles. The maximum absolute atomic E-state index is 14.2. The van der Waals surface area contributed by atoms with E-state index in [1.54, 1.807) is 37.1 Å². The lowest BCUT2D eigenvalue weighted by molar-refractivity contribution is -0.127. The van der Waals surface area contributed by atoms with Crippen LogP contribution >= 0.6 is 0 Å². The fourth-order valence-electron chi connectivity index (χ4n) is 5.23. The van der Waals surface area contributed by atoms with E-state index in [1.807, 2.05) is 54.6 Å². The maximum Gasteiger partial charge on any atom is 0.249 e. The fraction of sp³-hybridized carbons (Fsp3) is 0.333. The molecule has 1 fully saturated rings. The van der Waals surface area contributed by atoms with Crippen molar-refractivity contribution in [2.75, 3.05) is 19.1 Å². The first kappa shape index (κ1) is 26.2. The van der Waals surface area contributed by atoms with E-state index in [9.17, 15) is 9.59 Å². The summed E-state index contributed by atoms with van der Waals surface area (Å²) in [5.41, 5.74) is 2.64. The van der Waals surface area contributed by atoms with E-state index in [0.29, 0.717) is 28.3 Å². The molecule has 3 aromatic carbocycles. The third-order valence-corrected chi connectivity index (χ3v) is 7.19. The Labute approximate surface area is 227 Å². The molecule has 1 aliphatic rings. The van der Waals surface area contributed by atoms with E-state index < -0.39 is 6.04 Å². The number of rotatable bonds is 9. The third-order valence-electron chi connectivity index (χ3n) is 7.19. The highest BCUT2D eigenvalue weighted by molar-refractivity contribution is 6.01. The number of nitrogens with zero attached hydrogens (tertiary/aromatic N) is 4. The van der Waals surface area contributed by atoms with E-state index in [0.717, 1.165) is 31.2 Å². The second-order valence-corrected chi connectivity index (χ2v) is 9.70. The average Bonchev–Trinajstić information content (AvgIpc) is 3.38. The highest BCUT2D eigenvalue weighted by Gasteiger charge is 2.35. The number of carbonyl (C=O) groups excluding carboxylic acids is 2. The van der Waals surface area contributed by atoms with Gasteiger partial charge in [0.2, 0.25) is 11.8 Å². The van der Waals surface area contributed by atoms with Crippen molar-refractivity contribution in [2.45, 2.75) is 50.7 Å². The number of ether oxygens (including phenoxy) is 2. The zero-order valence-electron chi connectivity index (χ0n) is 22.2. The lowest BCUT2D eigenvalue weighted by Crippen LogP contribution is -2.48. The predicted molar refractivity (Wildman–Crippen MR) is 149 cm³/mol. The van der Waals surface area contributed by atoms with Crippen molar-refractivity contribution < 1.29 is 19.1 Å². The van der Waals surface area contributed by atoms with Gasteiger partial charge in [-0.05, 0) is 42.7 Å². The van der Waals surface area contributed by atoms with Gasteiger partial charge in [-0.15, -0.1) is 5.10 Å². The number of amides is 2. The van der Waals surface area contributed by atoms with Gasteiger partial charge in [0.05, 0.1) is 19.7 Å². The van der Waals surface area contributed by atoms with Crippen molar-refractivity contribution in [1.82, 2.24) is 20.3 Å². The fourth-order valence-corrected chi connectivity index (χ4v) is 5.23. The summed E-state index contributed by atoms with van der Waals surface area (Å²) in [4.78, 5) is 29.8. The van der Waals surface area contributed by atoms with Crippen molar-refractivity contribution in [3.63, 3.8) is 0 Å². The van der Waals surface area contributed by atoms with E-state index in [2.05, 4.69) is 15.6 Å². The summed E-state index contributed by atoms with van der Waals surface area (Å²) in [6, 6.07) is 21.3. The zero-order chi connectivity index (χ0) is 27.2. The van der Waals surface area contributed by atoms with Crippen molar-refractivity contribution in [2.24, 2.45) is 0 Å². The number of benzene rings is 3. The SMILES string of the molecule is COc1ccc(N(C(=O)Cn2nnc3ccccc32)[C@@H](C(=O)NC2CCCCC2)c2ccccc2)cc1OC. The second-order valence-electron chi connectivity index (χ2n) is 9.70. The lowest BCUT2D eigenvalue weighted by atomic mass is 9.94. The molecule has 0 spiro atoms.